The van der Waals surface area contributed by atoms with Crippen molar-refractivity contribution in [3.8, 4) is 0 Å². The lowest BCUT2D eigenvalue weighted by Crippen LogP contribution is -2.81. The van der Waals surface area contributed by atoms with E-state index in [1.54, 1.807) is 0 Å². The van der Waals surface area contributed by atoms with Crippen LogP contribution in [0.15, 0.2) is 0 Å². The summed E-state index contributed by atoms with van der Waals surface area (Å²) in [5.41, 5.74) is 0. The first-order chi connectivity index (χ1) is 7.27. The molecule has 0 aromatic heterocycles. The van der Waals surface area contributed by atoms with E-state index in [0.717, 1.165) is 0 Å². The van der Waals surface area contributed by atoms with Gasteiger partial charge in [0, 0.05) is 32.5 Å². The molecule has 0 radical (unpaired) electrons. The zero-order valence-electron chi connectivity index (χ0n) is 9.48. The number of ether oxygens (including phenoxy) is 1. The normalized spacial score (nSPS) is 54.6. The van der Waals surface area contributed by atoms with Crippen molar-refractivity contribution in [2.45, 2.75) is 24.9 Å². The van der Waals surface area contributed by atoms with Crippen molar-refractivity contribution < 1.29 is 9.22 Å². The first-order valence-electron chi connectivity index (χ1n) is 6.27. The molecule has 0 N–H and O–H groups in total. The second kappa shape index (κ2) is 2.56. The highest BCUT2D eigenvalue weighted by molar-refractivity contribution is 4.94. The molecule has 0 unspecified atom stereocenters. The summed E-state index contributed by atoms with van der Waals surface area (Å²) in [7, 11) is 2.25. The molecule has 4 rings (SSSR count). The Morgan fingerprint density at radius 1 is 1.27 bits per heavy atom. The Morgan fingerprint density at radius 3 is 2.87 bits per heavy atom. The van der Waals surface area contributed by atoms with Crippen LogP contribution in [0.25, 0.3) is 0 Å². The molecule has 4 heterocycles. The maximum atomic E-state index is 6.36. The summed E-state index contributed by atoms with van der Waals surface area (Å²) in [5.74, 6) is -0.0405. The largest absolute Gasteiger partial charge is 0.333 e. The molecule has 4 heteroatoms. The van der Waals surface area contributed by atoms with Gasteiger partial charge in [0.25, 0.3) is 0 Å². The predicted octanol–water partition coefficient (Wildman–Crippen LogP) is -0.132. The van der Waals surface area contributed by atoms with E-state index in [9.17, 15) is 0 Å². The molecule has 84 valence electrons. The second-order valence-corrected chi connectivity index (χ2v) is 5.66. The molecule has 0 aromatic rings. The lowest BCUT2D eigenvalue weighted by Gasteiger charge is -2.59. The van der Waals surface area contributed by atoms with Gasteiger partial charge in [-0.25, -0.2) is 9.80 Å². The van der Waals surface area contributed by atoms with Crippen molar-refractivity contribution in [1.82, 2.24) is 9.80 Å². The molecule has 4 nitrogen and oxygen atoms in total. The maximum absolute atomic E-state index is 6.36. The van der Waals surface area contributed by atoms with Gasteiger partial charge in [-0.05, 0) is 7.05 Å². The van der Waals surface area contributed by atoms with E-state index in [1.807, 2.05) is 0 Å². The van der Waals surface area contributed by atoms with E-state index in [1.165, 1.54) is 56.6 Å². The van der Waals surface area contributed by atoms with Gasteiger partial charge < -0.3 is 0 Å². The number of fused-ring (bicyclic) bond motifs is 1. The van der Waals surface area contributed by atoms with E-state index in [2.05, 4.69) is 16.8 Å². The van der Waals surface area contributed by atoms with Crippen LogP contribution in [0.1, 0.15) is 12.8 Å². The molecule has 4 saturated heterocycles. The van der Waals surface area contributed by atoms with Crippen LogP contribution in [-0.2, 0) is 4.74 Å². The molecule has 2 bridgehead atoms. The molecule has 0 aromatic carbocycles. The Morgan fingerprint density at radius 2 is 2.07 bits per heavy atom. The molecule has 4 aliphatic rings. The topological polar surface area (TPSA) is 15.7 Å². The van der Waals surface area contributed by atoms with Crippen LogP contribution in [0.3, 0.4) is 0 Å². The van der Waals surface area contributed by atoms with Crippen molar-refractivity contribution in [3.05, 3.63) is 0 Å². The van der Waals surface area contributed by atoms with Gasteiger partial charge in [-0.1, -0.05) is 0 Å². The SMILES string of the molecule is CN1CCC[N@+]23CCCN4C[C@H](C2)O[C@@]143. The molecule has 1 spiro atoms. The van der Waals surface area contributed by atoms with E-state index in [0.29, 0.717) is 6.10 Å². The highest BCUT2D eigenvalue weighted by Gasteiger charge is 2.73. The van der Waals surface area contributed by atoms with Crippen LogP contribution in [0.2, 0.25) is 0 Å². The minimum absolute atomic E-state index is 0.0405. The quantitative estimate of drug-likeness (QED) is 0.518. The van der Waals surface area contributed by atoms with Gasteiger partial charge in [-0.3, -0.25) is 9.22 Å². The number of rotatable bonds is 0. The molecular formula is C11H20N3O+. The van der Waals surface area contributed by atoms with Crippen molar-refractivity contribution in [2.75, 3.05) is 46.3 Å². The van der Waals surface area contributed by atoms with Crippen molar-refractivity contribution in [1.29, 1.82) is 0 Å². The van der Waals surface area contributed by atoms with E-state index >= 15 is 0 Å². The Kier molecular flexibility index (Phi) is 1.53. The zero-order valence-corrected chi connectivity index (χ0v) is 9.48. The molecule has 15 heavy (non-hydrogen) atoms. The lowest BCUT2D eigenvalue weighted by atomic mass is 10.0. The molecule has 4 aliphatic heterocycles. The van der Waals surface area contributed by atoms with Gasteiger partial charge in [0.1, 0.15) is 12.6 Å². The fourth-order valence-corrected chi connectivity index (χ4v) is 4.55. The van der Waals surface area contributed by atoms with Crippen LogP contribution in [0.5, 0.6) is 0 Å². The van der Waals surface area contributed by atoms with Gasteiger partial charge >= 0.3 is 5.97 Å². The second-order valence-electron chi connectivity index (χ2n) is 5.66. The van der Waals surface area contributed by atoms with E-state index in [-0.39, 0.29) is 5.97 Å². The van der Waals surface area contributed by atoms with Gasteiger partial charge in [-0.15, -0.1) is 0 Å². The highest BCUT2D eigenvalue weighted by Crippen LogP contribution is 2.50. The summed E-state index contributed by atoms with van der Waals surface area (Å²) in [4.78, 5) is 5.08. The average molecular weight is 210 g/mol. The fraction of sp³-hybridized carbons (Fsp3) is 1.00. The summed E-state index contributed by atoms with van der Waals surface area (Å²) in [5, 5.41) is 0. The van der Waals surface area contributed by atoms with Crippen LogP contribution in [0.4, 0.5) is 0 Å². The van der Waals surface area contributed by atoms with Crippen LogP contribution < -0.4 is 0 Å². The van der Waals surface area contributed by atoms with E-state index in [4.69, 9.17) is 4.74 Å². The summed E-state index contributed by atoms with van der Waals surface area (Å²) >= 11 is 0. The summed E-state index contributed by atoms with van der Waals surface area (Å²) in [6, 6.07) is 0. The van der Waals surface area contributed by atoms with Crippen molar-refractivity contribution in [3.63, 3.8) is 0 Å². The monoisotopic (exact) mass is 210 g/mol. The smallest absolute Gasteiger partial charge is 0.289 e. The van der Waals surface area contributed by atoms with Gasteiger partial charge in [-0.2, -0.15) is 0 Å². The van der Waals surface area contributed by atoms with E-state index < -0.39 is 0 Å². The third-order valence-electron chi connectivity index (χ3n) is 4.92. The Bertz CT molecular complexity index is 304. The van der Waals surface area contributed by atoms with Gasteiger partial charge in [0.2, 0.25) is 0 Å². The molecular weight excluding hydrogens is 190 g/mol. The van der Waals surface area contributed by atoms with Crippen LogP contribution in [0, 0.1) is 0 Å². The third kappa shape index (κ3) is 0.813. The summed E-state index contributed by atoms with van der Waals surface area (Å²) in [6.07, 6.45) is 3.19. The summed E-state index contributed by atoms with van der Waals surface area (Å²) < 4.78 is 7.57. The number of quaternary nitrogens is 1. The Balaban J connectivity index is 1.87. The Hall–Kier alpha value is -0.160. The highest BCUT2D eigenvalue weighted by atomic mass is 16.6. The molecule has 3 atom stereocenters. The fourth-order valence-electron chi connectivity index (χ4n) is 4.55. The maximum Gasteiger partial charge on any atom is 0.333 e. The molecule has 0 amide bonds. The predicted molar refractivity (Wildman–Crippen MR) is 55.9 cm³/mol. The zero-order chi connectivity index (χ0) is 10.1. The molecule has 0 saturated carbocycles. The third-order valence-corrected chi connectivity index (χ3v) is 4.92. The minimum Gasteiger partial charge on any atom is -0.289 e. The number of hydrogen-bond donors (Lipinski definition) is 0. The van der Waals surface area contributed by atoms with Crippen LogP contribution in [-0.4, -0.2) is 72.7 Å². The Labute approximate surface area is 91.0 Å². The first kappa shape index (κ1) is 8.93. The van der Waals surface area contributed by atoms with Crippen molar-refractivity contribution in [2.24, 2.45) is 0 Å². The number of nitrogens with zero attached hydrogens (tertiary/aromatic N) is 3. The molecule has 0 aliphatic carbocycles. The average Bonchev–Trinajstić information content (AvgIpc) is 2.70. The molecule has 4 fully saturated rings. The standard InChI is InChI=1S/C11H20N3O/c1-12-4-2-6-14-7-3-5-13-8-10(9-14)15-11(12,13)14/h10H,2-9H2,1H3/q+1/t10-,11+,14+/m1/s1. The van der Waals surface area contributed by atoms with Gasteiger partial charge in [0.15, 0.2) is 0 Å². The lowest BCUT2D eigenvalue weighted by molar-refractivity contribution is -1.02. The van der Waals surface area contributed by atoms with Gasteiger partial charge in [0.05, 0.1) is 13.1 Å². The minimum atomic E-state index is -0.0405. The first-order valence-corrected chi connectivity index (χ1v) is 6.27. The number of hydrogen-bond acceptors (Lipinski definition) is 3. The van der Waals surface area contributed by atoms with Crippen LogP contribution >= 0.6 is 0 Å². The van der Waals surface area contributed by atoms with Crippen molar-refractivity contribution >= 4 is 0 Å². The summed E-state index contributed by atoms with van der Waals surface area (Å²) in [6.45, 7) is 7.53.